The Morgan fingerprint density at radius 2 is 1.95 bits per heavy atom. The highest BCUT2D eigenvalue weighted by Crippen LogP contribution is 2.43. The van der Waals surface area contributed by atoms with Crippen LogP contribution in [-0.2, 0) is 25.1 Å². The standard InChI is InChI=1S/C24H22ClF3N6O4/c1-35-22-19(31-33-30)21-17(11-36-23(38-21)12-5-3-2-4-6-12)37-20(22)16-10-18(29)32-34(16)15-9-13(25)7-8-14(15)24(26,27)28/h2-10,17,19-23H,11H2,1H3,(H2,29,32)/t17?,19-,20-,21-,22?,23?/m0/s1. The lowest BCUT2D eigenvalue weighted by Crippen LogP contribution is -2.59. The average molecular weight is 551 g/mol. The molecule has 2 aliphatic heterocycles. The molecule has 14 heteroatoms. The number of aromatic nitrogens is 2. The molecule has 2 fully saturated rings. The first-order valence-corrected chi connectivity index (χ1v) is 11.9. The first-order chi connectivity index (χ1) is 18.2. The highest BCUT2D eigenvalue weighted by molar-refractivity contribution is 6.30. The molecule has 3 unspecified atom stereocenters. The second kappa shape index (κ2) is 10.4. The average Bonchev–Trinajstić information content (AvgIpc) is 3.29. The third kappa shape index (κ3) is 4.92. The van der Waals surface area contributed by atoms with Crippen LogP contribution in [-0.4, -0.2) is 47.9 Å². The number of fused-ring (bicyclic) bond motifs is 1. The molecular formula is C24H22ClF3N6O4. The number of hydrogen-bond acceptors (Lipinski definition) is 7. The minimum absolute atomic E-state index is 0.0587. The maximum atomic E-state index is 13.9. The molecule has 38 heavy (non-hydrogen) atoms. The minimum Gasteiger partial charge on any atom is -0.382 e. The number of anilines is 1. The molecule has 0 spiro atoms. The molecular weight excluding hydrogens is 529 g/mol. The number of rotatable bonds is 5. The fourth-order valence-electron chi connectivity index (χ4n) is 4.80. The van der Waals surface area contributed by atoms with Crippen LogP contribution < -0.4 is 5.73 Å². The van der Waals surface area contributed by atoms with E-state index >= 15 is 0 Å². The molecule has 2 saturated heterocycles. The number of methoxy groups -OCH3 is 1. The monoisotopic (exact) mass is 550 g/mol. The summed E-state index contributed by atoms with van der Waals surface area (Å²) in [7, 11) is 1.37. The Kier molecular flexibility index (Phi) is 7.23. The molecule has 3 aromatic rings. The zero-order valence-electron chi connectivity index (χ0n) is 19.8. The predicted molar refractivity (Wildman–Crippen MR) is 129 cm³/mol. The molecule has 6 atom stereocenters. The second-order valence-electron chi connectivity index (χ2n) is 8.73. The Labute approximate surface area is 219 Å². The number of hydrogen-bond donors (Lipinski definition) is 1. The van der Waals surface area contributed by atoms with Crippen LogP contribution in [0.5, 0.6) is 0 Å². The van der Waals surface area contributed by atoms with E-state index in [0.29, 0.717) is 0 Å². The number of alkyl halides is 3. The lowest BCUT2D eigenvalue weighted by molar-refractivity contribution is -0.310. The smallest absolute Gasteiger partial charge is 0.382 e. The van der Waals surface area contributed by atoms with Crippen molar-refractivity contribution < 1.29 is 32.1 Å². The second-order valence-corrected chi connectivity index (χ2v) is 9.17. The summed E-state index contributed by atoms with van der Waals surface area (Å²) < 4.78 is 66.7. The molecule has 10 nitrogen and oxygen atoms in total. The molecule has 2 N–H and O–H groups in total. The van der Waals surface area contributed by atoms with Crippen LogP contribution in [0.3, 0.4) is 0 Å². The Bertz CT molecular complexity index is 1350. The van der Waals surface area contributed by atoms with E-state index in [4.69, 9.17) is 36.3 Å². The van der Waals surface area contributed by atoms with Gasteiger partial charge in [-0.25, -0.2) is 4.68 Å². The van der Waals surface area contributed by atoms with E-state index in [2.05, 4.69) is 15.1 Å². The first kappa shape index (κ1) is 26.3. The fourth-order valence-corrected chi connectivity index (χ4v) is 4.97. The minimum atomic E-state index is -4.71. The van der Waals surface area contributed by atoms with Crippen LogP contribution in [0.25, 0.3) is 16.1 Å². The van der Waals surface area contributed by atoms with E-state index in [9.17, 15) is 18.7 Å². The number of nitrogen functional groups attached to an aromatic ring is 1. The highest BCUT2D eigenvalue weighted by Gasteiger charge is 2.51. The molecule has 0 aliphatic carbocycles. The summed E-state index contributed by atoms with van der Waals surface area (Å²) in [5.41, 5.74) is 14.9. The van der Waals surface area contributed by atoms with E-state index in [1.165, 1.54) is 13.2 Å². The van der Waals surface area contributed by atoms with E-state index in [0.717, 1.165) is 28.4 Å². The third-order valence-corrected chi connectivity index (χ3v) is 6.66. The highest BCUT2D eigenvalue weighted by atomic mass is 35.5. The topological polar surface area (TPSA) is 130 Å². The number of nitrogens with zero attached hydrogens (tertiary/aromatic N) is 5. The molecule has 200 valence electrons. The summed E-state index contributed by atoms with van der Waals surface area (Å²) in [6.45, 7) is 0.0587. The van der Waals surface area contributed by atoms with Crippen LogP contribution in [0, 0.1) is 0 Å². The van der Waals surface area contributed by atoms with Gasteiger partial charge in [0, 0.05) is 28.7 Å². The Balaban J connectivity index is 1.55. The molecule has 0 radical (unpaired) electrons. The van der Waals surface area contributed by atoms with Gasteiger partial charge in [0.25, 0.3) is 0 Å². The van der Waals surface area contributed by atoms with Crippen LogP contribution >= 0.6 is 11.6 Å². The van der Waals surface area contributed by atoms with Gasteiger partial charge in [-0.2, -0.15) is 18.3 Å². The zero-order chi connectivity index (χ0) is 27.0. The van der Waals surface area contributed by atoms with Crippen molar-refractivity contribution in [3.8, 4) is 5.69 Å². The van der Waals surface area contributed by atoms with Gasteiger partial charge >= 0.3 is 6.18 Å². The quantitative estimate of drug-likeness (QED) is 0.258. The van der Waals surface area contributed by atoms with Crippen molar-refractivity contribution in [2.24, 2.45) is 5.11 Å². The van der Waals surface area contributed by atoms with Gasteiger partial charge in [-0.15, -0.1) is 0 Å². The largest absolute Gasteiger partial charge is 0.418 e. The molecule has 3 heterocycles. The summed E-state index contributed by atoms with van der Waals surface area (Å²) in [6, 6.07) is 12.8. The van der Waals surface area contributed by atoms with Gasteiger partial charge in [0.2, 0.25) is 0 Å². The first-order valence-electron chi connectivity index (χ1n) is 11.5. The van der Waals surface area contributed by atoms with E-state index < -0.39 is 48.5 Å². The molecule has 2 aromatic carbocycles. The Morgan fingerprint density at radius 3 is 2.63 bits per heavy atom. The van der Waals surface area contributed by atoms with Crippen LogP contribution in [0.15, 0.2) is 59.7 Å². The van der Waals surface area contributed by atoms with Crippen LogP contribution in [0.4, 0.5) is 19.0 Å². The predicted octanol–water partition coefficient (Wildman–Crippen LogP) is 5.37. The number of nitrogens with two attached hydrogens (primary N) is 1. The molecule has 2 aliphatic rings. The third-order valence-electron chi connectivity index (χ3n) is 6.42. The summed E-state index contributed by atoms with van der Waals surface area (Å²) in [5, 5.41) is 8.10. The Morgan fingerprint density at radius 1 is 1.18 bits per heavy atom. The van der Waals surface area contributed by atoms with Crippen molar-refractivity contribution >= 4 is 17.4 Å². The number of benzene rings is 2. The normalized spacial score (nSPS) is 27.4. The van der Waals surface area contributed by atoms with Crippen LogP contribution in [0.1, 0.15) is 29.2 Å². The summed E-state index contributed by atoms with van der Waals surface area (Å²) in [4.78, 5) is 2.97. The van der Waals surface area contributed by atoms with Gasteiger partial charge in [-0.3, -0.25) is 0 Å². The molecule has 0 amide bonds. The van der Waals surface area contributed by atoms with Crippen molar-refractivity contribution in [2.45, 2.75) is 42.9 Å². The van der Waals surface area contributed by atoms with Crippen molar-refractivity contribution in [2.75, 3.05) is 19.5 Å². The van der Waals surface area contributed by atoms with E-state index in [-0.39, 0.29) is 28.8 Å². The number of halogens is 4. The van der Waals surface area contributed by atoms with Gasteiger partial charge in [0.05, 0.1) is 29.6 Å². The Hall–Kier alpha value is -3.32. The van der Waals surface area contributed by atoms with Crippen molar-refractivity contribution in [1.82, 2.24) is 9.78 Å². The maximum absolute atomic E-state index is 13.9. The van der Waals surface area contributed by atoms with Crippen molar-refractivity contribution in [3.63, 3.8) is 0 Å². The molecule has 5 rings (SSSR count). The van der Waals surface area contributed by atoms with E-state index in [1.807, 2.05) is 30.3 Å². The summed E-state index contributed by atoms with van der Waals surface area (Å²) in [6.07, 6.45) is -8.98. The molecule has 0 bridgehead atoms. The molecule has 1 aromatic heterocycles. The van der Waals surface area contributed by atoms with Gasteiger partial charge in [-0.1, -0.05) is 47.0 Å². The van der Waals surface area contributed by atoms with Gasteiger partial charge in [-0.05, 0) is 23.7 Å². The van der Waals surface area contributed by atoms with Gasteiger partial charge < -0.3 is 24.7 Å². The maximum Gasteiger partial charge on any atom is 0.418 e. The fraction of sp³-hybridized carbons (Fsp3) is 0.375. The SMILES string of the molecule is COC1[C@@H](N=[N+]=[N-])[C@H]2OC(c3ccccc3)OCC2O[C@H]1c1cc(N)nn1-c1cc(Cl)ccc1C(F)(F)F. The molecule has 0 saturated carbocycles. The van der Waals surface area contributed by atoms with Crippen molar-refractivity contribution in [3.05, 3.63) is 86.9 Å². The van der Waals surface area contributed by atoms with Crippen molar-refractivity contribution in [1.29, 1.82) is 0 Å². The van der Waals surface area contributed by atoms with E-state index in [1.54, 1.807) is 0 Å². The number of azide groups is 1. The van der Waals surface area contributed by atoms with Gasteiger partial charge in [0.1, 0.15) is 30.2 Å². The number of ether oxygens (including phenoxy) is 4. The summed E-state index contributed by atoms with van der Waals surface area (Å²) >= 11 is 6.05. The zero-order valence-corrected chi connectivity index (χ0v) is 20.6. The summed E-state index contributed by atoms with van der Waals surface area (Å²) in [5.74, 6) is -0.0608. The lowest BCUT2D eigenvalue weighted by Gasteiger charge is -2.48. The van der Waals surface area contributed by atoms with Gasteiger partial charge in [0.15, 0.2) is 6.29 Å². The van der Waals surface area contributed by atoms with Crippen LogP contribution in [0.2, 0.25) is 5.02 Å². The lowest BCUT2D eigenvalue weighted by atomic mass is 9.90.